The number of amides is 3. The fraction of sp³-hybridized carbons (Fsp3) is 0.750. The molecule has 108 valence electrons. The molecule has 1 rings (SSSR count). The van der Waals surface area contributed by atoms with Crippen LogP contribution in [0.3, 0.4) is 0 Å². The van der Waals surface area contributed by atoms with Gasteiger partial charge in [0.25, 0.3) is 0 Å². The summed E-state index contributed by atoms with van der Waals surface area (Å²) in [5, 5.41) is 14.2. The molecule has 0 aromatic carbocycles. The van der Waals surface area contributed by atoms with Gasteiger partial charge in [0.2, 0.25) is 5.91 Å². The van der Waals surface area contributed by atoms with Crippen LogP contribution >= 0.6 is 0 Å². The van der Waals surface area contributed by atoms with E-state index in [-0.39, 0.29) is 18.4 Å². The second-order valence-electron chi connectivity index (χ2n) is 4.89. The Morgan fingerprint density at radius 1 is 1.37 bits per heavy atom. The minimum atomic E-state index is -0.889. The monoisotopic (exact) mass is 271 g/mol. The third-order valence-corrected chi connectivity index (χ3v) is 3.30. The molecule has 3 amide bonds. The molecule has 1 saturated heterocycles. The molecule has 1 aliphatic heterocycles. The number of urea groups is 1. The Morgan fingerprint density at radius 2 is 2.00 bits per heavy atom. The highest BCUT2D eigenvalue weighted by atomic mass is 16.4. The molecule has 0 aromatic rings. The number of carbonyl (C=O) groups excluding carboxylic acids is 2. The molecule has 3 unspecified atom stereocenters. The van der Waals surface area contributed by atoms with Gasteiger partial charge in [0.15, 0.2) is 0 Å². The van der Waals surface area contributed by atoms with Gasteiger partial charge in [0.05, 0.1) is 5.92 Å². The van der Waals surface area contributed by atoms with Crippen LogP contribution in [-0.2, 0) is 9.59 Å². The van der Waals surface area contributed by atoms with Crippen LogP contribution in [0.5, 0.6) is 0 Å². The van der Waals surface area contributed by atoms with E-state index < -0.39 is 24.0 Å². The number of carbonyl (C=O) groups is 3. The summed E-state index contributed by atoms with van der Waals surface area (Å²) >= 11 is 0. The zero-order valence-corrected chi connectivity index (χ0v) is 11.5. The highest BCUT2D eigenvalue weighted by Gasteiger charge is 2.37. The van der Waals surface area contributed by atoms with E-state index >= 15 is 0 Å². The minimum absolute atomic E-state index is 0.0805. The summed E-state index contributed by atoms with van der Waals surface area (Å²) in [6.45, 7) is 6.28. The summed E-state index contributed by atoms with van der Waals surface area (Å²) in [6, 6.07) is -1.03. The molecule has 0 aromatic heterocycles. The van der Waals surface area contributed by atoms with E-state index in [1.54, 1.807) is 20.8 Å². The van der Waals surface area contributed by atoms with Gasteiger partial charge in [-0.1, -0.05) is 6.92 Å². The minimum Gasteiger partial charge on any atom is -0.481 e. The van der Waals surface area contributed by atoms with Gasteiger partial charge in [-0.3, -0.25) is 9.59 Å². The number of hydrogen-bond acceptors (Lipinski definition) is 3. The van der Waals surface area contributed by atoms with Gasteiger partial charge in [-0.25, -0.2) is 4.79 Å². The number of hydrogen-bond donors (Lipinski definition) is 3. The van der Waals surface area contributed by atoms with E-state index in [0.717, 1.165) is 0 Å². The SMILES string of the molecule is CCNC(=O)C(C)NC(=O)N1CC(C)C(C(=O)O)C1. The van der Waals surface area contributed by atoms with Gasteiger partial charge in [-0.15, -0.1) is 0 Å². The first kappa shape index (κ1) is 15.3. The smallest absolute Gasteiger partial charge is 0.318 e. The number of nitrogens with zero attached hydrogens (tertiary/aromatic N) is 1. The van der Waals surface area contributed by atoms with Crippen LogP contribution in [0.2, 0.25) is 0 Å². The molecule has 0 aliphatic carbocycles. The van der Waals surface area contributed by atoms with Crippen molar-refractivity contribution in [3.05, 3.63) is 0 Å². The first-order valence-electron chi connectivity index (χ1n) is 6.42. The number of carboxylic acids is 1. The predicted molar refractivity (Wildman–Crippen MR) is 68.5 cm³/mol. The lowest BCUT2D eigenvalue weighted by Crippen LogP contribution is -2.49. The zero-order valence-electron chi connectivity index (χ0n) is 11.5. The molecule has 1 aliphatic rings. The number of nitrogens with one attached hydrogen (secondary N) is 2. The maximum atomic E-state index is 11.9. The largest absolute Gasteiger partial charge is 0.481 e. The van der Waals surface area contributed by atoms with E-state index in [0.29, 0.717) is 13.1 Å². The van der Waals surface area contributed by atoms with Crippen molar-refractivity contribution in [2.24, 2.45) is 11.8 Å². The standard InChI is InChI=1S/C12H21N3O4/c1-4-13-10(16)8(3)14-12(19)15-5-7(2)9(6-15)11(17)18/h7-9H,4-6H2,1-3H3,(H,13,16)(H,14,19)(H,17,18). The first-order chi connectivity index (χ1) is 8.86. The van der Waals surface area contributed by atoms with Crippen molar-refractivity contribution in [2.75, 3.05) is 19.6 Å². The van der Waals surface area contributed by atoms with Gasteiger partial charge in [-0.05, 0) is 19.8 Å². The summed E-state index contributed by atoms with van der Waals surface area (Å²) in [5.41, 5.74) is 0. The van der Waals surface area contributed by atoms with Crippen LogP contribution in [0.25, 0.3) is 0 Å². The lowest BCUT2D eigenvalue weighted by Gasteiger charge is -2.20. The number of aliphatic carboxylic acids is 1. The molecule has 1 heterocycles. The van der Waals surface area contributed by atoms with Gasteiger partial charge in [0.1, 0.15) is 6.04 Å². The van der Waals surface area contributed by atoms with Gasteiger partial charge >= 0.3 is 12.0 Å². The maximum absolute atomic E-state index is 11.9. The van der Waals surface area contributed by atoms with Gasteiger partial charge < -0.3 is 20.6 Å². The van der Waals surface area contributed by atoms with Crippen molar-refractivity contribution in [1.29, 1.82) is 0 Å². The molecule has 3 N–H and O–H groups in total. The lowest BCUT2D eigenvalue weighted by atomic mass is 9.99. The van der Waals surface area contributed by atoms with Gasteiger partial charge in [-0.2, -0.15) is 0 Å². The van der Waals surface area contributed by atoms with E-state index in [4.69, 9.17) is 5.11 Å². The average Bonchev–Trinajstić information content (AvgIpc) is 2.71. The topological polar surface area (TPSA) is 98.7 Å². The number of likely N-dealkylation sites (N-methyl/N-ethyl adjacent to an activating group) is 1. The van der Waals surface area contributed by atoms with Gasteiger partial charge in [0, 0.05) is 19.6 Å². The van der Waals surface area contributed by atoms with Crippen molar-refractivity contribution in [2.45, 2.75) is 26.8 Å². The van der Waals surface area contributed by atoms with E-state index in [9.17, 15) is 14.4 Å². The maximum Gasteiger partial charge on any atom is 0.318 e. The fourth-order valence-electron chi connectivity index (χ4n) is 2.12. The highest BCUT2D eigenvalue weighted by molar-refractivity contribution is 5.87. The second kappa shape index (κ2) is 6.40. The van der Waals surface area contributed by atoms with E-state index in [1.165, 1.54) is 4.90 Å². The highest BCUT2D eigenvalue weighted by Crippen LogP contribution is 2.22. The molecule has 0 bridgehead atoms. The molecule has 1 fully saturated rings. The molecule has 19 heavy (non-hydrogen) atoms. The van der Waals surface area contributed by atoms with E-state index in [1.807, 2.05) is 0 Å². The van der Waals surface area contributed by atoms with Crippen molar-refractivity contribution in [1.82, 2.24) is 15.5 Å². The summed E-state index contributed by atoms with van der Waals surface area (Å²) in [4.78, 5) is 35.8. The zero-order chi connectivity index (χ0) is 14.6. The van der Waals surface area contributed by atoms with Crippen LogP contribution < -0.4 is 10.6 Å². The molecule has 0 radical (unpaired) electrons. The molecule has 0 saturated carbocycles. The number of rotatable bonds is 4. The van der Waals surface area contributed by atoms with Crippen LogP contribution in [0.4, 0.5) is 4.79 Å². The van der Waals surface area contributed by atoms with Crippen molar-refractivity contribution < 1.29 is 19.5 Å². The fourth-order valence-corrected chi connectivity index (χ4v) is 2.12. The molecule has 3 atom stereocenters. The Kier molecular flexibility index (Phi) is 5.14. The number of likely N-dealkylation sites (tertiary alicyclic amines) is 1. The Labute approximate surface area is 112 Å². The normalized spacial score (nSPS) is 23.8. The lowest BCUT2D eigenvalue weighted by molar-refractivity contribution is -0.142. The quantitative estimate of drug-likeness (QED) is 0.663. The summed E-state index contributed by atoms with van der Waals surface area (Å²) < 4.78 is 0. The Balaban J connectivity index is 2.51. The van der Waals surface area contributed by atoms with Crippen molar-refractivity contribution in [3.8, 4) is 0 Å². The molecule has 0 spiro atoms. The van der Waals surface area contributed by atoms with Crippen molar-refractivity contribution in [3.63, 3.8) is 0 Å². The Hall–Kier alpha value is -1.79. The van der Waals surface area contributed by atoms with Crippen LogP contribution in [-0.4, -0.2) is 53.6 Å². The summed E-state index contributed by atoms with van der Waals surface area (Å²) in [6.07, 6.45) is 0. The van der Waals surface area contributed by atoms with Crippen LogP contribution in [0.1, 0.15) is 20.8 Å². The van der Waals surface area contributed by atoms with Crippen LogP contribution in [0, 0.1) is 11.8 Å². The molecule has 7 nitrogen and oxygen atoms in total. The predicted octanol–water partition coefficient (Wildman–Crippen LogP) is -0.127. The molecular formula is C12H21N3O4. The summed E-state index contributed by atoms with van der Waals surface area (Å²) in [5.74, 6) is -1.76. The third-order valence-electron chi connectivity index (χ3n) is 3.30. The number of carboxylic acid groups (broad SMARTS) is 1. The average molecular weight is 271 g/mol. The molecule has 7 heteroatoms. The molecular weight excluding hydrogens is 250 g/mol. The van der Waals surface area contributed by atoms with Crippen molar-refractivity contribution >= 4 is 17.9 Å². The Morgan fingerprint density at radius 3 is 2.47 bits per heavy atom. The third kappa shape index (κ3) is 3.84. The summed E-state index contributed by atoms with van der Waals surface area (Å²) in [7, 11) is 0. The van der Waals surface area contributed by atoms with Crippen LogP contribution in [0.15, 0.2) is 0 Å². The Bertz CT molecular complexity index is 372. The first-order valence-corrected chi connectivity index (χ1v) is 6.42. The van der Waals surface area contributed by atoms with E-state index in [2.05, 4.69) is 10.6 Å². The second-order valence-corrected chi connectivity index (χ2v) is 4.89.